The summed E-state index contributed by atoms with van der Waals surface area (Å²) in [5.74, 6) is 0. The molecule has 1 unspecified atom stereocenters. The van der Waals surface area contributed by atoms with Crippen molar-refractivity contribution in [3.63, 3.8) is 0 Å². The highest BCUT2D eigenvalue weighted by Crippen LogP contribution is 2.25. The van der Waals surface area contributed by atoms with Crippen molar-refractivity contribution in [1.82, 2.24) is 9.21 Å². The van der Waals surface area contributed by atoms with Crippen molar-refractivity contribution in [2.45, 2.75) is 37.2 Å². The van der Waals surface area contributed by atoms with Crippen LogP contribution in [0.15, 0.2) is 29.2 Å². The van der Waals surface area contributed by atoms with E-state index in [1.165, 1.54) is 12.8 Å². The van der Waals surface area contributed by atoms with E-state index < -0.39 is 10.0 Å². The van der Waals surface area contributed by atoms with Gasteiger partial charge in [-0.1, -0.05) is 18.2 Å². The lowest BCUT2D eigenvalue weighted by Gasteiger charge is -2.28. The lowest BCUT2D eigenvalue weighted by molar-refractivity contribution is 0.0730. The van der Waals surface area contributed by atoms with Gasteiger partial charge in [-0.15, -0.1) is 0 Å². The summed E-state index contributed by atoms with van der Waals surface area (Å²) in [6.45, 7) is 5.81. The SMILES string of the molecule is CC1CCCN1Cc1ccccc1S(=O)(=O)N1CCOCC1. The number of nitrogens with zero attached hydrogens (tertiary/aromatic N) is 2. The Kier molecular flexibility index (Phi) is 4.82. The first-order valence-electron chi connectivity index (χ1n) is 7.99. The van der Waals surface area contributed by atoms with Gasteiger partial charge in [-0.25, -0.2) is 8.42 Å². The van der Waals surface area contributed by atoms with E-state index in [9.17, 15) is 8.42 Å². The van der Waals surface area contributed by atoms with Crippen LogP contribution in [-0.2, 0) is 21.3 Å². The van der Waals surface area contributed by atoms with E-state index in [4.69, 9.17) is 4.74 Å². The first-order valence-corrected chi connectivity index (χ1v) is 9.43. The maximum Gasteiger partial charge on any atom is 0.243 e. The van der Waals surface area contributed by atoms with Crippen molar-refractivity contribution in [2.75, 3.05) is 32.8 Å². The number of likely N-dealkylation sites (tertiary alicyclic amines) is 1. The number of hydrogen-bond acceptors (Lipinski definition) is 4. The van der Waals surface area contributed by atoms with E-state index >= 15 is 0 Å². The fourth-order valence-corrected chi connectivity index (χ4v) is 4.88. The van der Waals surface area contributed by atoms with E-state index in [0.717, 1.165) is 12.1 Å². The van der Waals surface area contributed by atoms with E-state index in [2.05, 4.69) is 11.8 Å². The van der Waals surface area contributed by atoms with Gasteiger partial charge in [-0.2, -0.15) is 4.31 Å². The molecule has 6 heteroatoms. The number of hydrogen-bond donors (Lipinski definition) is 0. The van der Waals surface area contributed by atoms with Gasteiger partial charge in [-0.05, 0) is 37.9 Å². The molecule has 1 aromatic carbocycles. The quantitative estimate of drug-likeness (QED) is 0.846. The second kappa shape index (κ2) is 6.66. The Balaban J connectivity index is 1.86. The zero-order valence-corrected chi connectivity index (χ0v) is 13.9. The van der Waals surface area contributed by atoms with Crippen molar-refractivity contribution < 1.29 is 13.2 Å². The van der Waals surface area contributed by atoms with Crippen molar-refractivity contribution in [3.05, 3.63) is 29.8 Å². The van der Waals surface area contributed by atoms with Crippen molar-refractivity contribution in [2.24, 2.45) is 0 Å². The molecule has 1 aromatic rings. The molecule has 22 heavy (non-hydrogen) atoms. The highest BCUT2D eigenvalue weighted by atomic mass is 32.2. The first kappa shape index (κ1) is 15.9. The maximum atomic E-state index is 12.9. The van der Waals surface area contributed by atoms with Crippen LogP contribution in [0.4, 0.5) is 0 Å². The predicted octanol–water partition coefficient (Wildman–Crippen LogP) is 1.69. The number of sulfonamides is 1. The molecule has 0 aromatic heterocycles. The minimum Gasteiger partial charge on any atom is -0.379 e. The van der Waals surface area contributed by atoms with Gasteiger partial charge in [-0.3, -0.25) is 4.90 Å². The van der Waals surface area contributed by atoms with Crippen molar-refractivity contribution >= 4 is 10.0 Å². The second-order valence-corrected chi connectivity index (χ2v) is 7.99. The monoisotopic (exact) mass is 324 g/mol. The highest BCUT2D eigenvalue weighted by molar-refractivity contribution is 7.89. The molecule has 5 nitrogen and oxygen atoms in total. The lowest BCUT2D eigenvalue weighted by atomic mass is 10.2. The molecule has 0 N–H and O–H groups in total. The molecule has 2 aliphatic rings. The average Bonchev–Trinajstić information content (AvgIpc) is 2.94. The number of ether oxygens (including phenoxy) is 1. The minimum atomic E-state index is -3.43. The van der Waals surface area contributed by atoms with E-state index in [1.54, 1.807) is 10.4 Å². The Morgan fingerprint density at radius 1 is 1.18 bits per heavy atom. The largest absolute Gasteiger partial charge is 0.379 e. The summed E-state index contributed by atoms with van der Waals surface area (Å²) in [6.07, 6.45) is 2.39. The molecule has 2 saturated heterocycles. The third-order valence-corrected chi connectivity index (χ3v) is 6.62. The van der Waals surface area contributed by atoms with Crippen LogP contribution >= 0.6 is 0 Å². The zero-order valence-electron chi connectivity index (χ0n) is 13.1. The molecule has 0 spiro atoms. The molecule has 122 valence electrons. The number of rotatable bonds is 4. The molecule has 3 rings (SSSR count). The maximum absolute atomic E-state index is 12.9. The van der Waals surface area contributed by atoms with Crippen LogP contribution in [0.1, 0.15) is 25.3 Å². The molecule has 0 saturated carbocycles. The molecular weight excluding hydrogens is 300 g/mol. The number of morpholine rings is 1. The van der Waals surface area contributed by atoms with Crippen LogP contribution in [0.5, 0.6) is 0 Å². The standard InChI is InChI=1S/C16H24N2O3S/c1-14-5-4-8-17(14)13-15-6-2-3-7-16(15)22(19,20)18-9-11-21-12-10-18/h2-3,6-7,14H,4-5,8-13H2,1H3. The lowest BCUT2D eigenvalue weighted by Crippen LogP contribution is -2.41. The van der Waals surface area contributed by atoms with E-state index in [0.29, 0.717) is 43.8 Å². The van der Waals surface area contributed by atoms with Gasteiger partial charge in [0.25, 0.3) is 0 Å². The van der Waals surface area contributed by atoms with E-state index in [-0.39, 0.29) is 0 Å². The molecular formula is C16H24N2O3S. The van der Waals surface area contributed by atoms with Gasteiger partial charge in [0.1, 0.15) is 0 Å². The Morgan fingerprint density at radius 3 is 2.59 bits per heavy atom. The fourth-order valence-electron chi connectivity index (χ4n) is 3.26. The third-order valence-electron chi connectivity index (χ3n) is 4.62. The van der Waals surface area contributed by atoms with Gasteiger partial charge >= 0.3 is 0 Å². The highest BCUT2D eigenvalue weighted by Gasteiger charge is 2.29. The molecule has 0 aliphatic carbocycles. The van der Waals surface area contributed by atoms with Crippen LogP contribution in [0, 0.1) is 0 Å². The summed E-state index contributed by atoms with van der Waals surface area (Å²) in [5, 5.41) is 0. The molecule has 1 atom stereocenters. The molecule has 2 fully saturated rings. The number of benzene rings is 1. The minimum absolute atomic E-state index is 0.441. The van der Waals surface area contributed by atoms with Gasteiger partial charge in [0.05, 0.1) is 18.1 Å². The fraction of sp³-hybridized carbons (Fsp3) is 0.625. The van der Waals surface area contributed by atoms with Gasteiger partial charge in [0.15, 0.2) is 0 Å². The average molecular weight is 324 g/mol. The summed E-state index contributed by atoms with van der Waals surface area (Å²) >= 11 is 0. The van der Waals surface area contributed by atoms with Crippen LogP contribution in [0.2, 0.25) is 0 Å². The van der Waals surface area contributed by atoms with Crippen LogP contribution < -0.4 is 0 Å². The van der Waals surface area contributed by atoms with Gasteiger partial charge < -0.3 is 4.74 Å². The van der Waals surface area contributed by atoms with Crippen molar-refractivity contribution in [3.8, 4) is 0 Å². The molecule has 2 heterocycles. The third kappa shape index (κ3) is 3.20. The Hall–Kier alpha value is -0.950. The van der Waals surface area contributed by atoms with E-state index in [1.807, 2.05) is 18.2 Å². The summed E-state index contributed by atoms with van der Waals surface area (Å²) in [7, 11) is -3.43. The second-order valence-electron chi connectivity index (χ2n) is 6.09. The van der Waals surface area contributed by atoms with Crippen LogP contribution in [-0.4, -0.2) is 56.5 Å². The summed E-state index contributed by atoms with van der Waals surface area (Å²) in [6, 6.07) is 7.94. The molecule has 0 radical (unpaired) electrons. The Labute approximate surface area is 132 Å². The van der Waals surface area contributed by atoms with Crippen LogP contribution in [0.3, 0.4) is 0 Å². The normalized spacial score (nSPS) is 24.7. The Bertz CT molecular complexity index is 612. The van der Waals surface area contributed by atoms with Gasteiger partial charge in [0, 0.05) is 25.7 Å². The van der Waals surface area contributed by atoms with Gasteiger partial charge in [0.2, 0.25) is 10.0 Å². The molecule has 0 bridgehead atoms. The topological polar surface area (TPSA) is 49.9 Å². The van der Waals surface area contributed by atoms with Crippen LogP contribution in [0.25, 0.3) is 0 Å². The molecule has 2 aliphatic heterocycles. The zero-order chi connectivity index (χ0) is 15.6. The Morgan fingerprint density at radius 2 is 1.91 bits per heavy atom. The first-order chi connectivity index (χ1) is 10.6. The summed E-state index contributed by atoms with van der Waals surface area (Å²) < 4.78 is 32.6. The smallest absolute Gasteiger partial charge is 0.243 e. The van der Waals surface area contributed by atoms with Crippen molar-refractivity contribution in [1.29, 1.82) is 0 Å². The molecule has 0 amide bonds. The summed E-state index contributed by atoms with van der Waals surface area (Å²) in [5.41, 5.74) is 0.905. The predicted molar refractivity (Wildman–Crippen MR) is 85.1 cm³/mol. The summed E-state index contributed by atoms with van der Waals surface area (Å²) in [4.78, 5) is 2.82.